The molecule has 0 saturated heterocycles. The predicted molar refractivity (Wildman–Crippen MR) is 84.9 cm³/mol. The van der Waals surface area contributed by atoms with Crippen LogP contribution in [-0.4, -0.2) is 36.5 Å². The van der Waals surface area contributed by atoms with Crippen molar-refractivity contribution < 1.29 is 4.79 Å². The second kappa shape index (κ2) is 8.75. The first-order valence-electron chi connectivity index (χ1n) is 7.67. The van der Waals surface area contributed by atoms with Crippen LogP contribution in [0.15, 0.2) is 30.3 Å². The zero-order valence-electron chi connectivity index (χ0n) is 13.2. The first kappa shape index (κ1) is 16.7. The lowest BCUT2D eigenvalue weighted by Crippen LogP contribution is -2.45. The largest absolute Gasteiger partial charge is 0.342 e. The van der Waals surface area contributed by atoms with Crippen LogP contribution in [0.25, 0.3) is 0 Å². The molecule has 3 heteroatoms. The Labute approximate surface area is 123 Å². The van der Waals surface area contributed by atoms with E-state index in [0.717, 1.165) is 26.1 Å². The van der Waals surface area contributed by atoms with Gasteiger partial charge < -0.3 is 10.2 Å². The summed E-state index contributed by atoms with van der Waals surface area (Å²) in [6.07, 6.45) is 1.04. The van der Waals surface area contributed by atoms with Crippen LogP contribution in [0.5, 0.6) is 0 Å². The number of likely N-dealkylation sites (N-methyl/N-ethyl adjacent to an activating group) is 1. The molecule has 0 aliphatic rings. The molecular weight excluding hydrogens is 248 g/mol. The first-order chi connectivity index (χ1) is 9.60. The van der Waals surface area contributed by atoms with Crippen molar-refractivity contribution in [3.05, 3.63) is 35.9 Å². The van der Waals surface area contributed by atoms with Crippen LogP contribution in [-0.2, 0) is 4.79 Å². The van der Waals surface area contributed by atoms with E-state index in [1.807, 2.05) is 31.7 Å². The highest BCUT2D eigenvalue weighted by atomic mass is 16.2. The first-order valence-corrected chi connectivity index (χ1v) is 7.67. The summed E-state index contributed by atoms with van der Waals surface area (Å²) in [7, 11) is 0. The van der Waals surface area contributed by atoms with E-state index >= 15 is 0 Å². The molecule has 2 unspecified atom stereocenters. The molecular formula is C17H28N2O. The summed E-state index contributed by atoms with van der Waals surface area (Å²) in [5, 5.41) is 3.34. The molecule has 20 heavy (non-hydrogen) atoms. The van der Waals surface area contributed by atoms with Gasteiger partial charge in [-0.15, -0.1) is 0 Å². The lowest BCUT2D eigenvalue weighted by atomic mass is 9.98. The van der Waals surface area contributed by atoms with Gasteiger partial charge in [0.25, 0.3) is 0 Å². The van der Waals surface area contributed by atoms with E-state index in [-0.39, 0.29) is 11.9 Å². The van der Waals surface area contributed by atoms with Gasteiger partial charge in [0, 0.05) is 13.1 Å². The molecule has 0 spiro atoms. The number of carbonyl (C=O) groups excluding carboxylic acids is 1. The third-order valence-electron chi connectivity index (χ3n) is 3.84. The van der Waals surface area contributed by atoms with Crippen LogP contribution >= 0.6 is 0 Å². The molecule has 1 N–H and O–H groups in total. The van der Waals surface area contributed by atoms with Crippen LogP contribution in [0.4, 0.5) is 0 Å². The van der Waals surface area contributed by atoms with Crippen molar-refractivity contribution in [1.82, 2.24) is 10.2 Å². The maximum atomic E-state index is 12.1. The second-order valence-corrected chi connectivity index (χ2v) is 5.29. The van der Waals surface area contributed by atoms with Crippen LogP contribution in [0.1, 0.15) is 45.6 Å². The fourth-order valence-corrected chi connectivity index (χ4v) is 2.36. The zero-order chi connectivity index (χ0) is 15.0. The summed E-state index contributed by atoms with van der Waals surface area (Å²) in [6, 6.07) is 10.4. The number of amides is 1. The number of hydrogen-bond acceptors (Lipinski definition) is 2. The summed E-state index contributed by atoms with van der Waals surface area (Å²) in [5.41, 5.74) is 1.36. The number of nitrogens with zero attached hydrogens (tertiary/aromatic N) is 1. The standard InChI is InChI=1S/C17H28N2O/c1-5-19(6-2)17(20)15(4)18-13-12-14(3)16-10-8-7-9-11-16/h7-11,14-15,18H,5-6,12-13H2,1-4H3. The Hall–Kier alpha value is -1.35. The van der Waals surface area contributed by atoms with E-state index in [9.17, 15) is 4.79 Å². The van der Waals surface area contributed by atoms with Crippen molar-refractivity contribution in [1.29, 1.82) is 0 Å². The zero-order valence-corrected chi connectivity index (χ0v) is 13.2. The van der Waals surface area contributed by atoms with E-state index in [1.165, 1.54) is 5.56 Å². The average molecular weight is 276 g/mol. The Morgan fingerprint density at radius 1 is 1.15 bits per heavy atom. The van der Waals surface area contributed by atoms with Crippen molar-refractivity contribution in [2.24, 2.45) is 0 Å². The third kappa shape index (κ3) is 4.97. The monoisotopic (exact) mass is 276 g/mol. The summed E-state index contributed by atoms with van der Waals surface area (Å²) < 4.78 is 0. The molecule has 0 heterocycles. The molecule has 1 aromatic rings. The minimum atomic E-state index is -0.0992. The Morgan fingerprint density at radius 3 is 2.30 bits per heavy atom. The summed E-state index contributed by atoms with van der Waals surface area (Å²) in [6.45, 7) is 10.6. The maximum Gasteiger partial charge on any atom is 0.239 e. The van der Waals surface area contributed by atoms with Gasteiger partial charge in [-0.1, -0.05) is 37.3 Å². The molecule has 0 aliphatic heterocycles. The lowest BCUT2D eigenvalue weighted by molar-refractivity contribution is -0.132. The fourth-order valence-electron chi connectivity index (χ4n) is 2.36. The van der Waals surface area contributed by atoms with Crippen LogP contribution < -0.4 is 5.32 Å². The predicted octanol–water partition coefficient (Wildman–Crippen LogP) is 3.03. The Kier molecular flexibility index (Phi) is 7.31. The van der Waals surface area contributed by atoms with E-state index < -0.39 is 0 Å². The van der Waals surface area contributed by atoms with Crippen molar-refractivity contribution in [3.8, 4) is 0 Å². The molecule has 0 fully saturated rings. The van der Waals surface area contributed by atoms with Gasteiger partial charge in [0.15, 0.2) is 0 Å². The van der Waals surface area contributed by atoms with Gasteiger partial charge in [0.05, 0.1) is 6.04 Å². The number of hydrogen-bond donors (Lipinski definition) is 1. The van der Waals surface area contributed by atoms with Crippen molar-refractivity contribution in [3.63, 3.8) is 0 Å². The molecule has 0 aromatic heterocycles. The summed E-state index contributed by atoms with van der Waals surface area (Å²) in [4.78, 5) is 14.0. The molecule has 2 atom stereocenters. The van der Waals surface area contributed by atoms with Crippen LogP contribution in [0, 0.1) is 0 Å². The number of carbonyl (C=O) groups is 1. The van der Waals surface area contributed by atoms with Gasteiger partial charge in [-0.3, -0.25) is 4.79 Å². The normalized spacial score (nSPS) is 13.8. The fraction of sp³-hybridized carbons (Fsp3) is 0.588. The highest BCUT2D eigenvalue weighted by Crippen LogP contribution is 2.17. The van der Waals surface area contributed by atoms with Crippen LogP contribution in [0.3, 0.4) is 0 Å². The smallest absolute Gasteiger partial charge is 0.239 e. The molecule has 0 saturated carbocycles. The molecule has 1 rings (SSSR count). The van der Waals surface area contributed by atoms with Gasteiger partial charge in [-0.2, -0.15) is 0 Å². The van der Waals surface area contributed by atoms with Gasteiger partial charge >= 0.3 is 0 Å². The molecule has 112 valence electrons. The number of nitrogens with one attached hydrogen (secondary N) is 1. The van der Waals surface area contributed by atoms with Crippen molar-refractivity contribution in [2.75, 3.05) is 19.6 Å². The van der Waals surface area contributed by atoms with E-state index in [2.05, 4.69) is 36.5 Å². The van der Waals surface area contributed by atoms with E-state index in [4.69, 9.17) is 0 Å². The van der Waals surface area contributed by atoms with Gasteiger partial charge in [-0.25, -0.2) is 0 Å². The van der Waals surface area contributed by atoms with Crippen LogP contribution in [0.2, 0.25) is 0 Å². The summed E-state index contributed by atoms with van der Waals surface area (Å²) in [5.74, 6) is 0.710. The topological polar surface area (TPSA) is 32.3 Å². The van der Waals surface area contributed by atoms with Gasteiger partial charge in [0.1, 0.15) is 0 Å². The Morgan fingerprint density at radius 2 is 1.75 bits per heavy atom. The summed E-state index contributed by atoms with van der Waals surface area (Å²) >= 11 is 0. The molecule has 3 nitrogen and oxygen atoms in total. The SMILES string of the molecule is CCN(CC)C(=O)C(C)NCCC(C)c1ccccc1. The minimum Gasteiger partial charge on any atom is -0.342 e. The highest BCUT2D eigenvalue weighted by Gasteiger charge is 2.17. The quantitative estimate of drug-likeness (QED) is 0.791. The van der Waals surface area contributed by atoms with Crippen molar-refractivity contribution in [2.45, 2.75) is 46.1 Å². The molecule has 1 aromatic carbocycles. The van der Waals surface area contributed by atoms with Gasteiger partial charge in [-0.05, 0) is 45.2 Å². The second-order valence-electron chi connectivity index (χ2n) is 5.29. The lowest BCUT2D eigenvalue weighted by Gasteiger charge is -2.24. The molecule has 1 amide bonds. The number of benzene rings is 1. The maximum absolute atomic E-state index is 12.1. The van der Waals surface area contributed by atoms with Crippen molar-refractivity contribution >= 4 is 5.91 Å². The Bertz CT molecular complexity index is 387. The Balaban J connectivity index is 2.35. The average Bonchev–Trinajstić information content (AvgIpc) is 2.49. The minimum absolute atomic E-state index is 0.0992. The van der Waals surface area contributed by atoms with E-state index in [1.54, 1.807) is 0 Å². The molecule has 0 radical (unpaired) electrons. The molecule has 0 bridgehead atoms. The number of rotatable bonds is 8. The third-order valence-corrected chi connectivity index (χ3v) is 3.84. The van der Waals surface area contributed by atoms with Gasteiger partial charge in [0.2, 0.25) is 5.91 Å². The van der Waals surface area contributed by atoms with E-state index in [0.29, 0.717) is 5.92 Å². The molecule has 0 aliphatic carbocycles. The highest BCUT2D eigenvalue weighted by molar-refractivity contribution is 5.81.